The van der Waals surface area contributed by atoms with Gasteiger partial charge < -0.3 is 5.11 Å². The van der Waals surface area contributed by atoms with E-state index in [0.29, 0.717) is 20.8 Å². The van der Waals surface area contributed by atoms with Gasteiger partial charge in [0, 0.05) is 16.9 Å². The van der Waals surface area contributed by atoms with Crippen LogP contribution in [-0.2, 0) is 4.79 Å². The standard InChI is InChI=1S/C22H15ClN2O3S2/c1-25-20(26)19(30-22(25)24-17-8-4-14(5-9-17)21(27)28)11-18-10-15(12-29-18)13-2-6-16(23)7-3-13/h2-12H,1H3,(H,27,28). The fourth-order valence-electron chi connectivity index (χ4n) is 2.79. The van der Waals surface area contributed by atoms with E-state index in [9.17, 15) is 9.59 Å². The monoisotopic (exact) mass is 454 g/mol. The van der Waals surface area contributed by atoms with Crippen molar-refractivity contribution in [3.63, 3.8) is 0 Å². The Morgan fingerprint density at radius 2 is 1.80 bits per heavy atom. The highest BCUT2D eigenvalue weighted by atomic mass is 35.5. The summed E-state index contributed by atoms with van der Waals surface area (Å²) in [7, 11) is 1.67. The Kier molecular flexibility index (Phi) is 5.76. The quantitative estimate of drug-likeness (QED) is 0.491. The Morgan fingerprint density at radius 3 is 2.47 bits per heavy atom. The molecular weight excluding hydrogens is 440 g/mol. The fraction of sp³-hybridized carbons (Fsp3) is 0.0455. The molecule has 1 aliphatic heterocycles. The van der Waals surface area contributed by atoms with E-state index < -0.39 is 5.97 Å². The molecule has 0 radical (unpaired) electrons. The van der Waals surface area contributed by atoms with Gasteiger partial charge in [0.15, 0.2) is 5.17 Å². The molecular formula is C22H15ClN2O3S2. The number of halogens is 1. The molecule has 1 N–H and O–H groups in total. The van der Waals surface area contributed by atoms with Crippen LogP contribution in [0.1, 0.15) is 15.2 Å². The van der Waals surface area contributed by atoms with Crippen LogP contribution >= 0.6 is 34.7 Å². The van der Waals surface area contributed by atoms with Crippen molar-refractivity contribution in [3.8, 4) is 11.1 Å². The maximum absolute atomic E-state index is 12.6. The number of benzene rings is 2. The van der Waals surface area contributed by atoms with Gasteiger partial charge in [0.25, 0.3) is 5.91 Å². The van der Waals surface area contributed by atoms with Crippen molar-refractivity contribution in [3.05, 3.63) is 80.3 Å². The van der Waals surface area contributed by atoms with Crippen molar-refractivity contribution >= 4 is 63.5 Å². The summed E-state index contributed by atoms with van der Waals surface area (Å²) in [6, 6.07) is 15.9. The number of carbonyl (C=O) groups excluding carboxylic acids is 1. The summed E-state index contributed by atoms with van der Waals surface area (Å²) in [5.41, 5.74) is 2.91. The molecule has 0 bridgehead atoms. The summed E-state index contributed by atoms with van der Waals surface area (Å²) in [5, 5.41) is 12.3. The lowest BCUT2D eigenvalue weighted by molar-refractivity contribution is -0.121. The molecule has 3 aromatic rings. The summed E-state index contributed by atoms with van der Waals surface area (Å²) >= 11 is 8.81. The Hall–Kier alpha value is -2.87. The first-order valence-electron chi connectivity index (χ1n) is 8.85. The number of likely N-dealkylation sites (N-methyl/N-ethyl adjacent to an activating group) is 1. The SMILES string of the molecule is CN1C(=O)C(=Cc2cc(-c3ccc(Cl)cc3)cs2)SC1=Nc1ccc(C(=O)O)cc1. The lowest BCUT2D eigenvalue weighted by atomic mass is 10.1. The summed E-state index contributed by atoms with van der Waals surface area (Å²) in [6.45, 7) is 0. The molecule has 1 aliphatic rings. The van der Waals surface area contributed by atoms with E-state index in [1.807, 2.05) is 41.8 Å². The highest BCUT2D eigenvalue weighted by Gasteiger charge is 2.30. The third-order valence-electron chi connectivity index (χ3n) is 4.41. The minimum atomic E-state index is -0.990. The number of thioether (sulfide) groups is 1. The van der Waals surface area contributed by atoms with Crippen LogP contribution in [-0.4, -0.2) is 34.1 Å². The molecule has 0 spiro atoms. The van der Waals surface area contributed by atoms with Gasteiger partial charge in [-0.05, 0) is 76.8 Å². The average molecular weight is 455 g/mol. The number of carbonyl (C=O) groups is 2. The fourth-order valence-corrected chi connectivity index (χ4v) is 4.82. The number of aromatic carboxylic acids is 1. The molecule has 2 aromatic carbocycles. The summed E-state index contributed by atoms with van der Waals surface area (Å²) < 4.78 is 0. The first-order chi connectivity index (χ1) is 14.4. The number of hydrogen-bond acceptors (Lipinski definition) is 5. The third kappa shape index (κ3) is 4.33. The predicted molar refractivity (Wildman–Crippen MR) is 124 cm³/mol. The van der Waals surface area contributed by atoms with Crippen LogP contribution < -0.4 is 0 Å². The molecule has 1 aromatic heterocycles. The smallest absolute Gasteiger partial charge is 0.335 e. The van der Waals surface area contributed by atoms with Gasteiger partial charge in [-0.25, -0.2) is 9.79 Å². The number of amides is 1. The third-order valence-corrected chi connectivity index (χ3v) is 6.60. The van der Waals surface area contributed by atoms with E-state index >= 15 is 0 Å². The molecule has 0 aliphatic carbocycles. The summed E-state index contributed by atoms with van der Waals surface area (Å²) in [6.07, 6.45) is 1.86. The lowest BCUT2D eigenvalue weighted by Crippen LogP contribution is -2.23. The van der Waals surface area contributed by atoms with E-state index in [0.717, 1.165) is 16.0 Å². The zero-order valence-electron chi connectivity index (χ0n) is 15.7. The van der Waals surface area contributed by atoms with Crippen LogP contribution in [0.15, 0.2) is 69.9 Å². The van der Waals surface area contributed by atoms with Crippen molar-refractivity contribution in [1.82, 2.24) is 4.90 Å². The number of carboxylic acids is 1. The van der Waals surface area contributed by atoms with Gasteiger partial charge in [-0.15, -0.1) is 11.3 Å². The predicted octanol–water partition coefficient (Wildman–Crippen LogP) is 6.00. The Bertz CT molecular complexity index is 1180. The van der Waals surface area contributed by atoms with Crippen molar-refractivity contribution in [2.45, 2.75) is 0 Å². The van der Waals surface area contributed by atoms with Crippen molar-refractivity contribution in [2.75, 3.05) is 7.05 Å². The van der Waals surface area contributed by atoms with Gasteiger partial charge in [-0.3, -0.25) is 9.69 Å². The van der Waals surface area contributed by atoms with Crippen molar-refractivity contribution < 1.29 is 14.7 Å². The molecule has 1 amide bonds. The van der Waals surface area contributed by atoms with Crippen LogP contribution in [0, 0.1) is 0 Å². The maximum atomic E-state index is 12.6. The first-order valence-corrected chi connectivity index (χ1v) is 10.9. The Morgan fingerprint density at radius 1 is 1.10 bits per heavy atom. The molecule has 0 atom stereocenters. The lowest BCUT2D eigenvalue weighted by Gasteiger charge is -2.07. The molecule has 5 nitrogen and oxygen atoms in total. The Labute approximate surface area is 186 Å². The van der Waals surface area contributed by atoms with Crippen LogP contribution in [0.25, 0.3) is 17.2 Å². The topological polar surface area (TPSA) is 70.0 Å². The zero-order valence-corrected chi connectivity index (χ0v) is 18.1. The first kappa shape index (κ1) is 20.4. The second-order valence-corrected chi connectivity index (χ2v) is 8.85. The van der Waals surface area contributed by atoms with Crippen LogP contribution in [0.3, 0.4) is 0 Å². The maximum Gasteiger partial charge on any atom is 0.335 e. The van der Waals surface area contributed by atoms with Crippen molar-refractivity contribution in [2.24, 2.45) is 4.99 Å². The van der Waals surface area contributed by atoms with Gasteiger partial charge >= 0.3 is 5.97 Å². The van der Waals surface area contributed by atoms with E-state index in [4.69, 9.17) is 16.7 Å². The number of aliphatic imine (C=N–C) groups is 1. The van der Waals surface area contributed by atoms with E-state index in [1.54, 1.807) is 30.5 Å². The molecule has 150 valence electrons. The molecule has 0 unspecified atom stereocenters. The molecule has 30 heavy (non-hydrogen) atoms. The van der Waals surface area contributed by atoms with Crippen LogP contribution in [0.2, 0.25) is 5.02 Å². The average Bonchev–Trinajstić information content (AvgIpc) is 3.30. The largest absolute Gasteiger partial charge is 0.478 e. The summed E-state index contributed by atoms with van der Waals surface area (Å²) in [5.74, 6) is -1.11. The van der Waals surface area contributed by atoms with E-state index in [2.05, 4.69) is 4.99 Å². The molecule has 1 fully saturated rings. The molecule has 2 heterocycles. The highest BCUT2D eigenvalue weighted by molar-refractivity contribution is 8.18. The van der Waals surface area contributed by atoms with Crippen LogP contribution in [0.5, 0.6) is 0 Å². The molecule has 0 saturated carbocycles. The number of hydrogen-bond donors (Lipinski definition) is 1. The van der Waals surface area contributed by atoms with Crippen LogP contribution in [0.4, 0.5) is 5.69 Å². The number of thiophene rings is 1. The molecule has 1 saturated heterocycles. The minimum absolute atomic E-state index is 0.123. The molecule has 8 heteroatoms. The number of nitrogens with zero attached hydrogens (tertiary/aromatic N) is 2. The van der Waals surface area contributed by atoms with Gasteiger partial charge in [0.2, 0.25) is 0 Å². The van der Waals surface area contributed by atoms with Crippen molar-refractivity contribution in [1.29, 1.82) is 0 Å². The van der Waals surface area contributed by atoms with Gasteiger partial charge in [0.1, 0.15) is 0 Å². The number of carboxylic acid groups (broad SMARTS) is 1. The Balaban J connectivity index is 1.55. The number of amidine groups is 1. The van der Waals surface area contributed by atoms with Gasteiger partial charge in [0.05, 0.1) is 16.2 Å². The highest BCUT2D eigenvalue weighted by Crippen LogP contribution is 2.35. The second kappa shape index (κ2) is 8.47. The second-order valence-electron chi connectivity index (χ2n) is 6.47. The minimum Gasteiger partial charge on any atom is -0.478 e. The van der Waals surface area contributed by atoms with E-state index in [-0.39, 0.29) is 11.5 Å². The molecule has 4 rings (SSSR count). The number of rotatable bonds is 4. The summed E-state index contributed by atoms with van der Waals surface area (Å²) in [4.78, 5) is 31.1. The zero-order chi connectivity index (χ0) is 21.3. The van der Waals surface area contributed by atoms with E-state index in [1.165, 1.54) is 28.8 Å². The van der Waals surface area contributed by atoms with Gasteiger partial charge in [-0.2, -0.15) is 0 Å². The van der Waals surface area contributed by atoms with Gasteiger partial charge in [-0.1, -0.05) is 23.7 Å². The normalized spacial score (nSPS) is 16.6.